The van der Waals surface area contributed by atoms with Crippen molar-refractivity contribution in [1.29, 1.82) is 0 Å². The molecule has 0 amide bonds. The smallest absolute Gasteiger partial charge is 0.241 e. The molecule has 1 aliphatic heterocycles. The molecular weight excluding hydrogens is 333 g/mol. The van der Waals surface area contributed by atoms with Crippen molar-refractivity contribution >= 4 is 17.6 Å². The van der Waals surface area contributed by atoms with Crippen LogP contribution in [0.3, 0.4) is 0 Å². The van der Waals surface area contributed by atoms with Crippen LogP contribution in [0.15, 0.2) is 36.5 Å². The number of nitrogens with two attached hydrogens (primary N) is 2. The highest BCUT2D eigenvalue weighted by atomic mass is 19.1. The highest BCUT2D eigenvalue weighted by Crippen LogP contribution is 2.28. The van der Waals surface area contributed by atoms with Gasteiger partial charge in [0.15, 0.2) is 0 Å². The second-order valence-electron chi connectivity index (χ2n) is 6.71. The summed E-state index contributed by atoms with van der Waals surface area (Å²) in [6, 6.07) is 9.12. The van der Waals surface area contributed by atoms with Crippen LogP contribution in [0.1, 0.15) is 18.5 Å². The third-order valence-corrected chi connectivity index (χ3v) is 4.95. The van der Waals surface area contributed by atoms with Crippen molar-refractivity contribution in [2.24, 2.45) is 5.92 Å². The molecule has 0 spiro atoms. The van der Waals surface area contributed by atoms with Crippen molar-refractivity contribution in [3.63, 3.8) is 0 Å². The first kappa shape index (κ1) is 16.4. The van der Waals surface area contributed by atoms with Gasteiger partial charge in [-0.1, -0.05) is 0 Å². The number of aromatic nitrogens is 4. The third-order valence-electron chi connectivity index (χ3n) is 4.95. The lowest BCUT2D eigenvalue weighted by Gasteiger charge is -2.33. The fourth-order valence-electron chi connectivity index (χ4n) is 3.60. The van der Waals surface area contributed by atoms with E-state index in [2.05, 4.69) is 26.0 Å². The number of nitrogens with one attached hydrogen (secondary N) is 1. The van der Waals surface area contributed by atoms with E-state index in [4.69, 9.17) is 11.5 Å². The van der Waals surface area contributed by atoms with Crippen LogP contribution < -0.4 is 16.4 Å². The predicted molar refractivity (Wildman–Crippen MR) is 99.6 cm³/mol. The van der Waals surface area contributed by atoms with Crippen LogP contribution in [0.4, 0.5) is 22.0 Å². The lowest BCUT2D eigenvalue weighted by molar-refractivity contribution is 0.398. The minimum Gasteiger partial charge on any atom is -0.369 e. The molecule has 2 aromatic heterocycles. The molecule has 0 unspecified atom stereocenters. The molecule has 26 heavy (non-hydrogen) atoms. The number of nitrogens with zero attached hydrogens (tertiary/aromatic N) is 4. The van der Waals surface area contributed by atoms with Crippen molar-refractivity contribution in [1.82, 2.24) is 19.7 Å². The van der Waals surface area contributed by atoms with Gasteiger partial charge in [-0.15, -0.1) is 5.10 Å². The standard InChI is InChI=1S/C18H22FN7/c19-15-11-14(26-18(21)23-17(20)24-26)3-4-16(15)25-8-5-12(6-9-25)10-13-2-1-7-22-13/h1-4,7,11-12,22H,5-6,8-10H2,(H4,20,21,23,24). The molecular formula is C18H22FN7. The Labute approximate surface area is 150 Å². The Morgan fingerprint density at radius 2 is 2.00 bits per heavy atom. The summed E-state index contributed by atoms with van der Waals surface area (Å²) < 4.78 is 16.0. The van der Waals surface area contributed by atoms with Gasteiger partial charge in [0, 0.05) is 31.0 Å². The largest absolute Gasteiger partial charge is 0.369 e. The summed E-state index contributed by atoms with van der Waals surface area (Å²) in [4.78, 5) is 9.20. The van der Waals surface area contributed by atoms with Crippen LogP contribution in [0.5, 0.6) is 0 Å². The second kappa shape index (κ2) is 6.70. The summed E-state index contributed by atoms with van der Waals surface area (Å²) >= 11 is 0. The Kier molecular flexibility index (Phi) is 4.24. The van der Waals surface area contributed by atoms with Crippen LogP contribution in [0, 0.1) is 11.7 Å². The van der Waals surface area contributed by atoms with Gasteiger partial charge < -0.3 is 21.4 Å². The van der Waals surface area contributed by atoms with Crippen molar-refractivity contribution in [3.05, 3.63) is 48.0 Å². The molecule has 0 aliphatic carbocycles. The van der Waals surface area contributed by atoms with Crippen LogP contribution in [-0.4, -0.2) is 32.8 Å². The van der Waals surface area contributed by atoms with E-state index in [1.807, 2.05) is 12.3 Å². The number of halogens is 1. The molecule has 5 N–H and O–H groups in total. The summed E-state index contributed by atoms with van der Waals surface area (Å²) in [7, 11) is 0. The monoisotopic (exact) mass is 355 g/mol. The summed E-state index contributed by atoms with van der Waals surface area (Å²) in [6.07, 6.45) is 5.10. The van der Waals surface area contributed by atoms with Crippen LogP contribution in [-0.2, 0) is 6.42 Å². The number of benzene rings is 1. The number of hydrogen-bond acceptors (Lipinski definition) is 5. The van der Waals surface area contributed by atoms with E-state index in [-0.39, 0.29) is 17.7 Å². The molecule has 3 heterocycles. The molecule has 0 atom stereocenters. The first-order valence-electron chi connectivity index (χ1n) is 8.75. The molecule has 8 heteroatoms. The zero-order chi connectivity index (χ0) is 18.1. The zero-order valence-electron chi connectivity index (χ0n) is 14.4. The maximum Gasteiger partial charge on any atom is 0.241 e. The summed E-state index contributed by atoms with van der Waals surface area (Å²) in [5.41, 5.74) is 13.7. The van der Waals surface area contributed by atoms with Gasteiger partial charge in [0.25, 0.3) is 0 Å². The highest BCUT2D eigenvalue weighted by molar-refractivity contribution is 5.54. The number of aromatic amines is 1. The number of rotatable bonds is 4. The quantitative estimate of drug-likeness (QED) is 0.667. The molecule has 1 fully saturated rings. The Hall–Kier alpha value is -3.03. The second-order valence-corrected chi connectivity index (χ2v) is 6.71. The van der Waals surface area contributed by atoms with Gasteiger partial charge in [0.1, 0.15) is 5.82 Å². The van der Waals surface area contributed by atoms with E-state index in [0.29, 0.717) is 17.3 Å². The van der Waals surface area contributed by atoms with E-state index in [9.17, 15) is 4.39 Å². The van der Waals surface area contributed by atoms with E-state index in [1.165, 1.54) is 16.4 Å². The Morgan fingerprint density at radius 1 is 1.19 bits per heavy atom. The first-order valence-corrected chi connectivity index (χ1v) is 8.75. The van der Waals surface area contributed by atoms with Crippen molar-refractivity contribution in [3.8, 4) is 5.69 Å². The molecule has 0 bridgehead atoms. The highest BCUT2D eigenvalue weighted by Gasteiger charge is 2.22. The number of hydrogen-bond donors (Lipinski definition) is 3. The Morgan fingerprint density at radius 3 is 2.62 bits per heavy atom. The van der Waals surface area contributed by atoms with Gasteiger partial charge in [-0.3, -0.25) is 0 Å². The minimum atomic E-state index is -0.293. The normalized spacial score (nSPS) is 15.5. The van der Waals surface area contributed by atoms with Crippen molar-refractivity contribution in [2.75, 3.05) is 29.5 Å². The number of nitrogen functional groups attached to an aromatic ring is 2. The molecule has 3 aromatic rings. The number of H-pyrrole nitrogens is 1. The topological polar surface area (TPSA) is 102 Å². The molecule has 1 saturated heterocycles. The van der Waals surface area contributed by atoms with Crippen LogP contribution in [0.25, 0.3) is 5.69 Å². The first-order chi connectivity index (χ1) is 12.6. The maximum absolute atomic E-state index is 14.7. The van der Waals surface area contributed by atoms with E-state index < -0.39 is 0 Å². The van der Waals surface area contributed by atoms with E-state index in [0.717, 1.165) is 32.4 Å². The summed E-state index contributed by atoms with van der Waals surface area (Å²) in [5, 5.41) is 3.98. The van der Waals surface area contributed by atoms with Crippen LogP contribution >= 0.6 is 0 Å². The Bertz CT molecular complexity index is 879. The lowest BCUT2D eigenvalue weighted by Crippen LogP contribution is -2.34. The zero-order valence-corrected chi connectivity index (χ0v) is 14.4. The van der Waals surface area contributed by atoms with E-state index in [1.54, 1.807) is 12.1 Å². The predicted octanol–water partition coefficient (Wildman–Crippen LogP) is 2.36. The molecule has 7 nitrogen and oxygen atoms in total. The van der Waals surface area contributed by atoms with Gasteiger partial charge in [-0.2, -0.15) is 9.67 Å². The van der Waals surface area contributed by atoms with Crippen molar-refractivity contribution in [2.45, 2.75) is 19.3 Å². The van der Waals surface area contributed by atoms with Gasteiger partial charge >= 0.3 is 0 Å². The fraction of sp³-hybridized carbons (Fsp3) is 0.333. The summed E-state index contributed by atoms with van der Waals surface area (Å²) in [6.45, 7) is 1.69. The third kappa shape index (κ3) is 3.22. The fourth-order valence-corrected chi connectivity index (χ4v) is 3.60. The molecule has 1 aliphatic rings. The van der Waals surface area contributed by atoms with Gasteiger partial charge in [-0.25, -0.2) is 4.39 Å². The molecule has 0 saturated carbocycles. The van der Waals surface area contributed by atoms with Crippen LogP contribution in [0.2, 0.25) is 0 Å². The summed E-state index contributed by atoms with van der Waals surface area (Å²) in [5.74, 6) is 0.542. The van der Waals surface area contributed by atoms with Gasteiger partial charge in [-0.05, 0) is 49.4 Å². The van der Waals surface area contributed by atoms with Gasteiger partial charge in [0.05, 0.1) is 11.4 Å². The molecule has 4 rings (SSSR count). The lowest BCUT2D eigenvalue weighted by atomic mass is 9.92. The SMILES string of the molecule is Nc1nc(N)n(-c2ccc(N3CCC(Cc4ccc[nH]4)CC3)c(F)c2)n1. The Balaban J connectivity index is 1.45. The van der Waals surface area contributed by atoms with Gasteiger partial charge in [0.2, 0.25) is 11.9 Å². The molecule has 0 radical (unpaired) electrons. The minimum absolute atomic E-state index is 0.0659. The number of piperidine rings is 1. The average Bonchev–Trinajstić information content (AvgIpc) is 3.25. The molecule has 1 aromatic carbocycles. The molecule has 136 valence electrons. The van der Waals surface area contributed by atoms with Crippen molar-refractivity contribution < 1.29 is 4.39 Å². The number of anilines is 3. The average molecular weight is 355 g/mol. The maximum atomic E-state index is 14.7. The van der Waals surface area contributed by atoms with E-state index >= 15 is 0 Å².